The van der Waals surface area contributed by atoms with Crippen LogP contribution in [0, 0.1) is 0 Å². The van der Waals surface area contributed by atoms with Crippen LogP contribution in [0.1, 0.15) is 26.3 Å². The van der Waals surface area contributed by atoms with Crippen molar-refractivity contribution >= 4 is 7.26 Å². The highest BCUT2D eigenvalue weighted by atomic mass is 31.2. The van der Waals surface area contributed by atoms with Gasteiger partial charge in [-0.25, -0.2) is 0 Å². The summed E-state index contributed by atoms with van der Waals surface area (Å²) in [6.07, 6.45) is 5.54. The van der Waals surface area contributed by atoms with Crippen molar-refractivity contribution in [2.75, 3.05) is 18.5 Å². The van der Waals surface area contributed by atoms with Crippen molar-refractivity contribution in [2.24, 2.45) is 0 Å². The van der Waals surface area contributed by atoms with Crippen LogP contribution < -0.4 is 4.70 Å². The highest BCUT2D eigenvalue weighted by Crippen LogP contribution is 2.60. The molecule has 15 heavy (non-hydrogen) atoms. The Balaban J connectivity index is 0.00000196. The largest absolute Gasteiger partial charge is 1.00 e. The molecule has 0 aliphatic rings. The number of hydrogen-bond donors (Lipinski definition) is 0. The van der Waals surface area contributed by atoms with Crippen molar-refractivity contribution in [1.82, 2.24) is 0 Å². The molecule has 0 saturated heterocycles. The molecule has 0 saturated carbocycles. The van der Waals surface area contributed by atoms with Crippen molar-refractivity contribution in [3.8, 4) is 0 Å². The third-order valence-corrected chi connectivity index (χ3v) is 8.43. The van der Waals surface area contributed by atoms with Gasteiger partial charge < -0.3 is 4.70 Å². The summed E-state index contributed by atoms with van der Waals surface area (Å²) in [4.78, 5) is 0. The van der Waals surface area contributed by atoms with Crippen LogP contribution in [0.15, 0.2) is 30.3 Å². The van der Waals surface area contributed by atoms with Crippen molar-refractivity contribution in [2.45, 2.75) is 26.9 Å². The Morgan fingerprint density at radius 1 is 0.867 bits per heavy atom. The average Bonchev–Trinajstić information content (AvgIpc) is 2.28. The molecular weight excluding hydrogens is 206 g/mol. The molecule has 0 amide bonds. The number of benzene rings is 1. The van der Waals surface area contributed by atoms with Gasteiger partial charge in [0.25, 0.3) is 0 Å². The second-order valence-corrected chi connectivity index (χ2v) is 8.83. The van der Waals surface area contributed by atoms with Crippen molar-refractivity contribution in [3.05, 3.63) is 35.9 Å². The minimum atomic E-state index is -0.661. The van der Waals surface area contributed by atoms with Gasteiger partial charge in [0.15, 0.2) is 0 Å². The SMILES string of the molecule is CC[P+](CC)(CC)Cc1ccccc1.[F-]. The molecule has 0 aromatic heterocycles. The van der Waals surface area contributed by atoms with Gasteiger partial charge in [-0.1, -0.05) is 30.3 Å². The molecule has 0 radical (unpaired) electrons. The van der Waals surface area contributed by atoms with Crippen LogP contribution in [0.4, 0.5) is 0 Å². The van der Waals surface area contributed by atoms with E-state index in [1.54, 1.807) is 0 Å². The first-order chi connectivity index (χ1) is 6.76. The molecule has 1 aromatic carbocycles. The minimum absolute atomic E-state index is 0. The highest BCUT2D eigenvalue weighted by Gasteiger charge is 2.30. The van der Waals surface area contributed by atoms with E-state index in [1.165, 1.54) is 30.2 Å². The van der Waals surface area contributed by atoms with Gasteiger partial charge in [0, 0.05) is 7.26 Å². The lowest BCUT2D eigenvalue weighted by Gasteiger charge is -2.23. The van der Waals surface area contributed by atoms with Crippen LogP contribution >= 0.6 is 7.26 Å². The summed E-state index contributed by atoms with van der Waals surface area (Å²) in [6, 6.07) is 11.0. The first-order valence-corrected chi connectivity index (χ1v) is 8.18. The summed E-state index contributed by atoms with van der Waals surface area (Å²) in [5.74, 6) is 0. The van der Waals surface area contributed by atoms with E-state index in [4.69, 9.17) is 0 Å². The Morgan fingerprint density at radius 2 is 1.33 bits per heavy atom. The van der Waals surface area contributed by atoms with Gasteiger partial charge in [0.05, 0.1) is 24.6 Å². The van der Waals surface area contributed by atoms with E-state index in [-0.39, 0.29) is 4.70 Å². The molecule has 0 aliphatic heterocycles. The summed E-state index contributed by atoms with van der Waals surface area (Å²) in [6.45, 7) is 7.09. The molecule has 0 N–H and O–H groups in total. The average molecular weight is 228 g/mol. The number of rotatable bonds is 5. The number of hydrogen-bond acceptors (Lipinski definition) is 0. The van der Waals surface area contributed by atoms with Crippen LogP contribution in [-0.2, 0) is 6.16 Å². The molecule has 86 valence electrons. The molecule has 0 atom stereocenters. The van der Waals surface area contributed by atoms with Gasteiger partial charge >= 0.3 is 0 Å². The molecule has 0 fully saturated rings. The maximum Gasteiger partial charge on any atom is 0.0842 e. The van der Waals surface area contributed by atoms with E-state index in [1.807, 2.05) is 0 Å². The van der Waals surface area contributed by atoms with Gasteiger partial charge in [-0.3, -0.25) is 0 Å². The summed E-state index contributed by atoms with van der Waals surface area (Å²) < 4.78 is 0. The predicted molar refractivity (Wildman–Crippen MR) is 68.7 cm³/mol. The topological polar surface area (TPSA) is 0 Å². The van der Waals surface area contributed by atoms with Gasteiger partial charge in [0.1, 0.15) is 0 Å². The van der Waals surface area contributed by atoms with Crippen molar-refractivity contribution in [1.29, 1.82) is 0 Å². The first kappa shape index (κ1) is 14.6. The Hall–Kier alpha value is -0.420. The van der Waals surface area contributed by atoms with E-state index in [2.05, 4.69) is 51.1 Å². The zero-order valence-corrected chi connectivity index (χ0v) is 10.9. The molecule has 1 rings (SSSR count). The quantitative estimate of drug-likeness (QED) is 0.666. The van der Waals surface area contributed by atoms with Crippen molar-refractivity contribution in [3.63, 3.8) is 0 Å². The summed E-state index contributed by atoms with van der Waals surface area (Å²) in [5, 5.41) is 0. The molecule has 0 heterocycles. The first-order valence-electron chi connectivity index (χ1n) is 5.65. The maximum atomic E-state index is 2.36. The van der Waals surface area contributed by atoms with Crippen LogP contribution in [0.25, 0.3) is 0 Å². The minimum Gasteiger partial charge on any atom is -1.00 e. The lowest BCUT2D eigenvalue weighted by Crippen LogP contribution is -3.00. The van der Waals surface area contributed by atoms with E-state index in [0.29, 0.717) is 0 Å². The van der Waals surface area contributed by atoms with Crippen LogP contribution in [-0.4, -0.2) is 18.5 Å². The van der Waals surface area contributed by atoms with E-state index >= 15 is 0 Å². The van der Waals surface area contributed by atoms with E-state index in [9.17, 15) is 0 Å². The Labute approximate surface area is 93.8 Å². The fourth-order valence-electron chi connectivity index (χ4n) is 1.98. The molecule has 0 bridgehead atoms. The Morgan fingerprint density at radius 3 is 1.73 bits per heavy atom. The second-order valence-electron chi connectivity index (χ2n) is 3.93. The van der Waals surface area contributed by atoms with Crippen LogP contribution in [0.2, 0.25) is 0 Å². The monoisotopic (exact) mass is 228 g/mol. The lowest BCUT2D eigenvalue weighted by atomic mass is 10.2. The third kappa shape index (κ3) is 3.91. The lowest BCUT2D eigenvalue weighted by molar-refractivity contribution is -0.00000315. The fourth-order valence-corrected chi connectivity index (χ4v) is 4.97. The molecule has 2 heteroatoms. The van der Waals surface area contributed by atoms with Crippen molar-refractivity contribution < 1.29 is 4.70 Å². The smallest absolute Gasteiger partial charge is 0.0842 e. The van der Waals surface area contributed by atoms with Crippen LogP contribution in [0.3, 0.4) is 0 Å². The fraction of sp³-hybridized carbons (Fsp3) is 0.538. The third-order valence-electron chi connectivity index (χ3n) is 3.37. The Bertz CT molecular complexity index is 246. The standard InChI is InChI=1S/C13H22P.FH/c1-4-14(5-2,6-3)12-13-10-8-7-9-11-13;/h7-11H,4-6,12H2,1-3H3;1H/q+1;/p-1. The molecular formula is C13H22FP. The van der Waals surface area contributed by atoms with Gasteiger partial charge in [0.2, 0.25) is 0 Å². The molecule has 0 aliphatic carbocycles. The second kappa shape index (κ2) is 6.95. The van der Waals surface area contributed by atoms with E-state index < -0.39 is 7.26 Å². The maximum absolute atomic E-state index is 2.36. The zero-order valence-electron chi connectivity index (χ0n) is 10.0. The Kier molecular flexibility index (Phi) is 6.76. The summed E-state index contributed by atoms with van der Waals surface area (Å²) in [5.41, 5.74) is 1.53. The summed E-state index contributed by atoms with van der Waals surface area (Å²) >= 11 is 0. The van der Waals surface area contributed by atoms with Gasteiger partial charge in [-0.05, 0) is 26.3 Å². The van der Waals surface area contributed by atoms with Gasteiger partial charge in [-0.15, -0.1) is 0 Å². The molecule has 0 unspecified atom stereocenters. The van der Waals surface area contributed by atoms with E-state index in [0.717, 1.165) is 0 Å². The number of halogens is 1. The molecule has 0 spiro atoms. The zero-order chi connectivity index (χ0) is 10.4. The van der Waals surface area contributed by atoms with Crippen LogP contribution in [0.5, 0.6) is 0 Å². The normalized spacial score (nSPS) is 10.9. The predicted octanol–water partition coefficient (Wildman–Crippen LogP) is 1.27. The highest BCUT2D eigenvalue weighted by molar-refractivity contribution is 7.75. The van der Waals surface area contributed by atoms with Gasteiger partial charge in [-0.2, -0.15) is 0 Å². The summed E-state index contributed by atoms with van der Waals surface area (Å²) in [7, 11) is -0.661. The molecule has 1 aromatic rings. The molecule has 0 nitrogen and oxygen atoms in total.